The Hall–Kier alpha value is -1.54. The number of hydrogen-bond acceptors (Lipinski definition) is 1. The van der Waals surface area contributed by atoms with Gasteiger partial charge in [-0.1, -0.05) is 5.11 Å². The zero-order valence-corrected chi connectivity index (χ0v) is 5.03. The predicted octanol–water partition coefficient (Wildman–Crippen LogP) is 2.77. The van der Waals surface area contributed by atoms with E-state index in [0.29, 0.717) is 5.69 Å². The van der Waals surface area contributed by atoms with Crippen molar-refractivity contribution in [1.82, 2.24) is 0 Å². The standard InChI is InChI=1S/C6H4FN3/c7-5-1-3-6(4-2-5)9-10-8/h1-4H/i7-1. The van der Waals surface area contributed by atoms with Crippen LogP contribution in [0.2, 0.25) is 0 Å². The van der Waals surface area contributed by atoms with Gasteiger partial charge in [0.25, 0.3) is 0 Å². The van der Waals surface area contributed by atoms with E-state index < -0.39 is 0 Å². The molecule has 3 nitrogen and oxygen atoms in total. The van der Waals surface area contributed by atoms with Crippen molar-refractivity contribution >= 4 is 5.69 Å². The van der Waals surface area contributed by atoms with Crippen molar-refractivity contribution in [2.75, 3.05) is 0 Å². The molecular formula is C6H4FN3. The molecule has 0 aliphatic heterocycles. The molecule has 0 heterocycles. The van der Waals surface area contributed by atoms with Crippen molar-refractivity contribution in [2.24, 2.45) is 5.11 Å². The lowest BCUT2D eigenvalue weighted by Gasteiger charge is -1.87. The molecule has 1 aromatic carbocycles. The minimum Gasteiger partial charge on any atom is -0.207 e. The van der Waals surface area contributed by atoms with Gasteiger partial charge in [0.2, 0.25) is 0 Å². The van der Waals surface area contributed by atoms with Gasteiger partial charge in [-0.3, -0.25) is 0 Å². The lowest BCUT2D eigenvalue weighted by Crippen LogP contribution is -1.67. The molecule has 10 heavy (non-hydrogen) atoms. The third-order valence-electron chi connectivity index (χ3n) is 0.987. The molecule has 0 radical (unpaired) electrons. The zero-order chi connectivity index (χ0) is 7.40. The van der Waals surface area contributed by atoms with Gasteiger partial charge in [0.1, 0.15) is 5.82 Å². The number of benzene rings is 1. The molecule has 0 bridgehead atoms. The van der Waals surface area contributed by atoms with E-state index in [1.54, 1.807) is 0 Å². The first-order valence-corrected chi connectivity index (χ1v) is 2.63. The van der Waals surface area contributed by atoms with Crippen LogP contribution in [0.5, 0.6) is 0 Å². The van der Waals surface area contributed by atoms with Crippen LogP contribution in [0.3, 0.4) is 0 Å². The predicted molar refractivity (Wildman–Crippen MR) is 35.2 cm³/mol. The summed E-state index contributed by atoms with van der Waals surface area (Å²) in [5.41, 5.74) is 8.37. The van der Waals surface area contributed by atoms with Crippen LogP contribution in [0.15, 0.2) is 29.4 Å². The van der Waals surface area contributed by atoms with E-state index in [-0.39, 0.29) is 5.82 Å². The molecule has 0 saturated carbocycles. The van der Waals surface area contributed by atoms with Crippen LogP contribution >= 0.6 is 0 Å². The Balaban J connectivity index is 3.00. The second kappa shape index (κ2) is 2.85. The molecule has 1 rings (SSSR count). The van der Waals surface area contributed by atoms with Crippen molar-refractivity contribution in [1.29, 1.82) is 0 Å². The molecule has 0 spiro atoms. The average Bonchev–Trinajstić information content (AvgIpc) is 1.95. The Kier molecular flexibility index (Phi) is 1.87. The summed E-state index contributed by atoms with van der Waals surface area (Å²) < 4.78 is 12.2. The van der Waals surface area contributed by atoms with Crippen molar-refractivity contribution in [3.63, 3.8) is 0 Å². The van der Waals surface area contributed by atoms with Gasteiger partial charge in [-0.25, -0.2) is 4.39 Å². The van der Waals surface area contributed by atoms with Crippen LogP contribution in [0.4, 0.5) is 10.1 Å². The van der Waals surface area contributed by atoms with Crippen LogP contribution in [-0.2, 0) is 0 Å². The van der Waals surface area contributed by atoms with Gasteiger partial charge < -0.3 is 0 Å². The molecule has 4 heteroatoms. The van der Waals surface area contributed by atoms with Crippen LogP contribution in [0.1, 0.15) is 0 Å². The maximum atomic E-state index is 12.2. The second-order valence-electron chi connectivity index (χ2n) is 1.67. The van der Waals surface area contributed by atoms with Gasteiger partial charge in [0.15, 0.2) is 0 Å². The summed E-state index contributed by atoms with van der Waals surface area (Å²) in [6.07, 6.45) is 0. The largest absolute Gasteiger partial charge is 0.207 e. The molecular weight excluding hydrogens is 132 g/mol. The summed E-state index contributed by atoms with van der Waals surface area (Å²) in [5, 5.41) is 3.26. The molecule has 0 unspecified atom stereocenters. The molecule has 0 N–H and O–H groups in total. The summed E-state index contributed by atoms with van der Waals surface area (Å²) >= 11 is 0. The number of azide groups is 1. The number of nitrogens with zero attached hydrogens (tertiary/aromatic N) is 3. The normalized spacial score (nSPS) is 8.50. The fourth-order valence-electron chi connectivity index (χ4n) is 0.559. The summed E-state index contributed by atoms with van der Waals surface area (Å²) in [5.74, 6) is -0.336. The Bertz CT molecular complexity index is 261. The molecule has 0 aromatic heterocycles. The minimum atomic E-state index is -0.336. The van der Waals surface area contributed by atoms with Crippen LogP contribution in [0, 0.1) is 5.82 Å². The zero-order valence-electron chi connectivity index (χ0n) is 5.03. The maximum Gasteiger partial charge on any atom is 0.123 e. The minimum absolute atomic E-state index is 0.336. The molecule has 0 atom stereocenters. The summed E-state index contributed by atoms with van der Waals surface area (Å²) in [6.45, 7) is 0. The van der Waals surface area contributed by atoms with E-state index >= 15 is 0 Å². The van der Waals surface area contributed by atoms with Crippen molar-refractivity contribution in [3.8, 4) is 0 Å². The Morgan fingerprint density at radius 1 is 1.30 bits per heavy atom. The molecule has 0 aliphatic carbocycles. The third-order valence-corrected chi connectivity index (χ3v) is 0.987. The highest BCUT2D eigenvalue weighted by Gasteiger charge is 1.87. The van der Waals surface area contributed by atoms with Gasteiger partial charge in [0.05, 0.1) is 0 Å². The van der Waals surface area contributed by atoms with Gasteiger partial charge in [-0.15, -0.1) is 0 Å². The molecule has 50 valence electrons. The highest BCUT2D eigenvalue weighted by molar-refractivity contribution is 5.35. The quantitative estimate of drug-likeness (QED) is 0.324. The van der Waals surface area contributed by atoms with E-state index in [2.05, 4.69) is 10.0 Å². The van der Waals surface area contributed by atoms with Crippen molar-refractivity contribution < 1.29 is 4.39 Å². The first kappa shape index (κ1) is 6.58. The van der Waals surface area contributed by atoms with Crippen LogP contribution in [-0.4, -0.2) is 0 Å². The lowest BCUT2D eigenvalue weighted by atomic mass is 10.3. The van der Waals surface area contributed by atoms with Gasteiger partial charge in [-0.2, -0.15) is 0 Å². The molecule has 0 amide bonds. The second-order valence-corrected chi connectivity index (χ2v) is 1.67. The monoisotopic (exact) mass is 136 g/mol. The first-order chi connectivity index (χ1) is 4.83. The van der Waals surface area contributed by atoms with Crippen molar-refractivity contribution in [3.05, 3.63) is 40.5 Å². The average molecular weight is 136 g/mol. The maximum absolute atomic E-state index is 12.2. The molecule has 1 aromatic rings. The number of rotatable bonds is 1. The highest BCUT2D eigenvalue weighted by Crippen LogP contribution is 2.11. The van der Waals surface area contributed by atoms with Gasteiger partial charge in [-0.05, 0) is 29.8 Å². The first-order valence-electron chi connectivity index (χ1n) is 2.63. The summed E-state index contributed by atoms with van der Waals surface area (Å²) in [7, 11) is 0. The summed E-state index contributed by atoms with van der Waals surface area (Å²) in [6, 6.07) is 5.30. The van der Waals surface area contributed by atoms with Crippen LogP contribution < -0.4 is 0 Å². The number of hydrogen-bond donors (Lipinski definition) is 0. The van der Waals surface area contributed by atoms with E-state index in [1.165, 1.54) is 24.3 Å². The molecule has 0 aliphatic rings. The number of halogens is 1. The molecule has 0 saturated heterocycles. The Morgan fingerprint density at radius 2 is 1.90 bits per heavy atom. The van der Waals surface area contributed by atoms with E-state index in [4.69, 9.17) is 5.53 Å². The summed E-state index contributed by atoms with van der Waals surface area (Å²) in [4.78, 5) is 2.54. The fraction of sp³-hybridized carbons (Fsp3) is 0. The van der Waals surface area contributed by atoms with Crippen molar-refractivity contribution in [2.45, 2.75) is 0 Å². The molecule has 0 fully saturated rings. The SMILES string of the molecule is [N-]=[N+]=Nc1ccc([18F])cc1. The smallest absolute Gasteiger partial charge is 0.123 e. The van der Waals surface area contributed by atoms with E-state index in [1.807, 2.05) is 0 Å². The fourth-order valence-corrected chi connectivity index (χ4v) is 0.559. The van der Waals surface area contributed by atoms with E-state index in [9.17, 15) is 4.39 Å². The topological polar surface area (TPSA) is 48.8 Å². The van der Waals surface area contributed by atoms with Gasteiger partial charge >= 0.3 is 0 Å². The van der Waals surface area contributed by atoms with Crippen LogP contribution in [0.25, 0.3) is 10.4 Å². The van der Waals surface area contributed by atoms with Gasteiger partial charge in [0, 0.05) is 10.6 Å². The Morgan fingerprint density at radius 3 is 2.40 bits per heavy atom. The third kappa shape index (κ3) is 1.47. The Labute approximate surface area is 56.7 Å². The van der Waals surface area contributed by atoms with E-state index in [0.717, 1.165) is 0 Å². The highest BCUT2D eigenvalue weighted by atomic mass is 18.2. The lowest BCUT2D eigenvalue weighted by molar-refractivity contribution is 0.628.